The number of rotatable bonds is 11. The maximum absolute atomic E-state index is 5.21. The highest BCUT2D eigenvalue weighted by atomic mass is 16.5. The fraction of sp³-hybridized carbons (Fsp3) is 0.667. The van der Waals surface area contributed by atoms with Gasteiger partial charge in [0.05, 0.1) is 7.11 Å². The Bertz CT molecular complexity index is 324. The van der Waals surface area contributed by atoms with Crippen LogP contribution in [-0.2, 0) is 0 Å². The molecule has 0 saturated heterocycles. The van der Waals surface area contributed by atoms with Gasteiger partial charge in [0, 0.05) is 11.7 Å². The molecular formula is C18H31NO. The van der Waals surface area contributed by atoms with Gasteiger partial charge in [-0.05, 0) is 37.1 Å². The highest BCUT2D eigenvalue weighted by Gasteiger charge is 2.08. The molecule has 0 bridgehead atoms. The lowest BCUT2D eigenvalue weighted by atomic mass is 10.0. The van der Waals surface area contributed by atoms with Gasteiger partial charge in [-0.3, -0.25) is 0 Å². The summed E-state index contributed by atoms with van der Waals surface area (Å²) in [6, 6.07) is 8.90. The van der Waals surface area contributed by atoms with E-state index in [1.807, 2.05) is 12.1 Å². The lowest BCUT2D eigenvalue weighted by molar-refractivity contribution is 0.415. The first-order valence-corrected chi connectivity index (χ1v) is 8.20. The van der Waals surface area contributed by atoms with Gasteiger partial charge in [0.2, 0.25) is 0 Å². The first-order chi connectivity index (χ1) is 9.80. The summed E-state index contributed by atoms with van der Waals surface area (Å²) in [7, 11) is 1.71. The number of methoxy groups -OCH3 is 1. The van der Waals surface area contributed by atoms with Crippen LogP contribution < -0.4 is 10.1 Å². The topological polar surface area (TPSA) is 21.3 Å². The minimum atomic E-state index is 0.612. The van der Waals surface area contributed by atoms with Crippen LogP contribution in [0.2, 0.25) is 0 Å². The average molecular weight is 277 g/mol. The summed E-state index contributed by atoms with van der Waals surface area (Å²) in [5.41, 5.74) is 1.21. The van der Waals surface area contributed by atoms with Gasteiger partial charge in [-0.25, -0.2) is 0 Å². The number of benzene rings is 1. The second-order valence-corrected chi connectivity index (χ2v) is 5.56. The van der Waals surface area contributed by atoms with E-state index < -0.39 is 0 Å². The van der Waals surface area contributed by atoms with Crippen molar-refractivity contribution >= 4 is 5.69 Å². The molecule has 0 amide bonds. The van der Waals surface area contributed by atoms with E-state index in [2.05, 4.69) is 31.3 Å². The van der Waals surface area contributed by atoms with Crippen LogP contribution in [0.15, 0.2) is 24.3 Å². The molecule has 0 aromatic heterocycles. The molecule has 0 spiro atoms. The summed E-state index contributed by atoms with van der Waals surface area (Å²) < 4.78 is 5.21. The van der Waals surface area contributed by atoms with Gasteiger partial charge in [-0.1, -0.05) is 52.4 Å². The van der Waals surface area contributed by atoms with Gasteiger partial charge < -0.3 is 10.1 Å². The normalized spacial score (nSPS) is 10.8. The molecule has 0 aliphatic rings. The molecule has 0 atom stereocenters. The van der Waals surface area contributed by atoms with Crippen LogP contribution in [0.3, 0.4) is 0 Å². The Morgan fingerprint density at radius 3 is 1.90 bits per heavy atom. The predicted octanol–water partition coefficient (Wildman–Crippen LogP) is 5.64. The molecule has 1 aromatic carbocycles. The Labute approximate surface area is 124 Å². The van der Waals surface area contributed by atoms with Crippen LogP contribution in [0, 0.1) is 0 Å². The summed E-state index contributed by atoms with van der Waals surface area (Å²) >= 11 is 0. The van der Waals surface area contributed by atoms with Crippen molar-refractivity contribution in [2.75, 3.05) is 12.4 Å². The Hall–Kier alpha value is -1.18. The molecule has 0 fully saturated rings. The van der Waals surface area contributed by atoms with Gasteiger partial charge in [-0.2, -0.15) is 0 Å². The second-order valence-electron chi connectivity index (χ2n) is 5.56. The van der Waals surface area contributed by atoms with Gasteiger partial charge in [-0.15, -0.1) is 0 Å². The molecule has 0 unspecified atom stereocenters. The Morgan fingerprint density at radius 2 is 1.45 bits per heavy atom. The molecule has 1 N–H and O–H groups in total. The molecule has 114 valence electrons. The van der Waals surface area contributed by atoms with Gasteiger partial charge in [0.25, 0.3) is 0 Å². The Balaban J connectivity index is 2.47. The quantitative estimate of drug-likeness (QED) is 0.529. The second kappa shape index (κ2) is 10.6. The third-order valence-corrected chi connectivity index (χ3v) is 3.77. The van der Waals surface area contributed by atoms with E-state index in [4.69, 9.17) is 4.74 Å². The zero-order chi connectivity index (χ0) is 14.6. The highest BCUT2D eigenvalue weighted by molar-refractivity contribution is 5.47. The molecule has 0 aliphatic heterocycles. The van der Waals surface area contributed by atoms with E-state index in [0.29, 0.717) is 6.04 Å². The van der Waals surface area contributed by atoms with Crippen LogP contribution in [-0.4, -0.2) is 13.2 Å². The number of ether oxygens (including phenoxy) is 1. The minimum absolute atomic E-state index is 0.612. The molecule has 20 heavy (non-hydrogen) atoms. The third-order valence-electron chi connectivity index (χ3n) is 3.77. The fourth-order valence-corrected chi connectivity index (χ4v) is 2.49. The van der Waals surface area contributed by atoms with E-state index >= 15 is 0 Å². The van der Waals surface area contributed by atoms with E-state index in [-0.39, 0.29) is 0 Å². The van der Waals surface area contributed by atoms with Crippen LogP contribution in [0.4, 0.5) is 5.69 Å². The van der Waals surface area contributed by atoms with Crippen molar-refractivity contribution < 1.29 is 4.74 Å². The summed E-state index contributed by atoms with van der Waals surface area (Å²) in [6.07, 6.45) is 10.5. The molecule has 2 nitrogen and oxygen atoms in total. The zero-order valence-corrected chi connectivity index (χ0v) is 13.5. The van der Waals surface area contributed by atoms with Gasteiger partial charge in [0.15, 0.2) is 0 Å². The summed E-state index contributed by atoms with van der Waals surface area (Å²) in [6.45, 7) is 4.53. The smallest absolute Gasteiger partial charge is 0.119 e. The minimum Gasteiger partial charge on any atom is -0.497 e. The van der Waals surface area contributed by atoms with Crippen LogP contribution in [0.25, 0.3) is 0 Å². The van der Waals surface area contributed by atoms with Crippen LogP contribution in [0.5, 0.6) is 5.75 Å². The highest BCUT2D eigenvalue weighted by Crippen LogP contribution is 2.19. The standard InChI is InChI=1S/C18H31NO/c1-4-6-8-10-16(11-9-7-5-2)19-17-12-14-18(20-3)15-13-17/h12-16,19H,4-11H2,1-3H3. The molecule has 1 rings (SSSR count). The lowest BCUT2D eigenvalue weighted by Gasteiger charge is -2.20. The molecule has 2 heteroatoms. The zero-order valence-electron chi connectivity index (χ0n) is 13.5. The number of hydrogen-bond acceptors (Lipinski definition) is 2. The monoisotopic (exact) mass is 277 g/mol. The van der Waals surface area contributed by atoms with Crippen molar-refractivity contribution in [1.29, 1.82) is 0 Å². The first-order valence-electron chi connectivity index (χ1n) is 8.20. The first kappa shape index (κ1) is 16.9. The van der Waals surface area contributed by atoms with E-state index in [0.717, 1.165) is 5.75 Å². The molecule has 1 aromatic rings. The summed E-state index contributed by atoms with van der Waals surface area (Å²) in [5.74, 6) is 0.920. The third kappa shape index (κ3) is 6.83. The molecule has 0 saturated carbocycles. The van der Waals surface area contributed by atoms with Crippen molar-refractivity contribution in [2.45, 2.75) is 71.3 Å². The number of unbranched alkanes of at least 4 members (excludes halogenated alkanes) is 4. The van der Waals surface area contributed by atoms with Crippen molar-refractivity contribution in [2.24, 2.45) is 0 Å². The van der Waals surface area contributed by atoms with E-state index in [1.54, 1.807) is 7.11 Å². The molecular weight excluding hydrogens is 246 g/mol. The number of hydrogen-bond donors (Lipinski definition) is 1. The fourth-order valence-electron chi connectivity index (χ4n) is 2.49. The van der Waals surface area contributed by atoms with E-state index in [9.17, 15) is 0 Å². The molecule has 0 radical (unpaired) electrons. The van der Waals surface area contributed by atoms with Crippen molar-refractivity contribution in [3.63, 3.8) is 0 Å². The van der Waals surface area contributed by atoms with E-state index in [1.165, 1.54) is 57.1 Å². The maximum atomic E-state index is 5.21. The SMILES string of the molecule is CCCCCC(CCCCC)Nc1ccc(OC)cc1. The summed E-state index contributed by atoms with van der Waals surface area (Å²) in [5, 5.41) is 3.69. The molecule has 0 aliphatic carbocycles. The molecule has 0 heterocycles. The predicted molar refractivity (Wildman–Crippen MR) is 88.7 cm³/mol. The van der Waals surface area contributed by atoms with Gasteiger partial charge in [0.1, 0.15) is 5.75 Å². The van der Waals surface area contributed by atoms with Crippen molar-refractivity contribution in [1.82, 2.24) is 0 Å². The number of anilines is 1. The van der Waals surface area contributed by atoms with Gasteiger partial charge >= 0.3 is 0 Å². The van der Waals surface area contributed by atoms with Crippen molar-refractivity contribution in [3.8, 4) is 5.75 Å². The Morgan fingerprint density at radius 1 is 0.900 bits per heavy atom. The van der Waals surface area contributed by atoms with Crippen LogP contribution in [0.1, 0.15) is 65.2 Å². The average Bonchev–Trinajstić information content (AvgIpc) is 2.48. The lowest BCUT2D eigenvalue weighted by Crippen LogP contribution is -2.19. The number of nitrogens with one attached hydrogen (secondary N) is 1. The Kier molecular flexibility index (Phi) is 8.93. The van der Waals surface area contributed by atoms with Crippen molar-refractivity contribution in [3.05, 3.63) is 24.3 Å². The summed E-state index contributed by atoms with van der Waals surface area (Å²) in [4.78, 5) is 0. The largest absolute Gasteiger partial charge is 0.497 e. The maximum Gasteiger partial charge on any atom is 0.119 e. The van der Waals surface area contributed by atoms with Crippen LogP contribution >= 0.6 is 0 Å².